The lowest BCUT2D eigenvalue weighted by Gasteiger charge is -2.17. The van der Waals surface area contributed by atoms with E-state index >= 15 is 0 Å². The van der Waals surface area contributed by atoms with Gasteiger partial charge in [-0.3, -0.25) is 4.79 Å². The Balaban J connectivity index is 1.99. The molecule has 0 fully saturated rings. The van der Waals surface area contributed by atoms with Crippen LogP contribution in [0.5, 0.6) is 0 Å². The van der Waals surface area contributed by atoms with E-state index in [4.69, 9.17) is 5.11 Å². The quantitative estimate of drug-likeness (QED) is 0.864. The van der Waals surface area contributed by atoms with Crippen LogP contribution in [0.1, 0.15) is 42.9 Å². The van der Waals surface area contributed by atoms with Crippen molar-refractivity contribution in [2.24, 2.45) is 0 Å². The molecule has 1 atom stereocenters. The van der Waals surface area contributed by atoms with Crippen LogP contribution in [-0.2, 0) is 28.9 Å². The minimum atomic E-state index is -0.980. The SMILES string of the molecule is CC[C@@H](NC(=O)Cc1ccc2c(c1)CCCC2)C(=O)O. The molecule has 4 heteroatoms. The normalized spacial score (nSPS) is 15.2. The molecular weight excluding hydrogens is 254 g/mol. The summed E-state index contributed by atoms with van der Waals surface area (Å²) in [4.78, 5) is 22.8. The number of amides is 1. The van der Waals surface area contributed by atoms with Crippen molar-refractivity contribution in [3.63, 3.8) is 0 Å². The van der Waals surface area contributed by atoms with Gasteiger partial charge in [-0.05, 0) is 48.8 Å². The zero-order valence-corrected chi connectivity index (χ0v) is 11.8. The fourth-order valence-electron chi connectivity index (χ4n) is 2.67. The Hall–Kier alpha value is -1.84. The van der Waals surface area contributed by atoms with Gasteiger partial charge in [0.25, 0.3) is 0 Å². The van der Waals surface area contributed by atoms with Crippen LogP contribution in [-0.4, -0.2) is 23.0 Å². The number of carboxylic acid groups (broad SMARTS) is 1. The van der Waals surface area contributed by atoms with Gasteiger partial charge in [-0.1, -0.05) is 25.1 Å². The van der Waals surface area contributed by atoms with Crippen molar-refractivity contribution in [2.45, 2.75) is 51.5 Å². The highest BCUT2D eigenvalue weighted by Gasteiger charge is 2.18. The number of rotatable bonds is 5. The lowest BCUT2D eigenvalue weighted by atomic mass is 9.90. The highest BCUT2D eigenvalue weighted by atomic mass is 16.4. The molecule has 1 aromatic rings. The molecule has 2 N–H and O–H groups in total. The van der Waals surface area contributed by atoms with Gasteiger partial charge in [0, 0.05) is 0 Å². The number of benzene rings is 1. The van der Waals surface area contributed by atoms with Crippen LogP contribution in [0.15, 0.2) is 18.2 Å². The van der Waals surface area contributed by atoms with Crippen LogP contribution in [0.25, 0.3) is 0 Å². The van der Waals surface area contributed by atoms with Gasteiger partial charge < -0.3 is 10.4 Å². The van der Waals surface area contributed by atoms with E-state index in [2.05, 4.69) is 17.4 Å². The summed E-state index contributed by atoms with van der Waals surface area (Å²) >= 11 is 0. The van der Waals surface area contributed by atoms with Crippen LogP contribution < -0.4 is 5.32 Å². The minimum Gasteiger partial charge on any atom is -0.480 e. The van der Waals surface area contributed by atoms with E-state index in [0.717, 1.165) is 18.4 Å². The smallest absolute Gasteiger partial charge is 0.326 e. The first-order valence-corrected chi connectivity index (χ1v) is 7.23. The number of hydrogen-bond acceptors (Lipinski definition) is 2. The maximum absolute atomic E-state index is 11.9. The molecule has 0 saturated carbocycles. The third-order valence-electron chi connectivity index (χ3n) is 3.82. The zero-order chi connectivity index (χ0) is 14.5. The first kappa shape index (κ1) is 14.6. The molecule has 1 aliphatic rings. The van der Waals surface area contributed by atoms with E-state index in [1.54, 1.807) is 6.92 Å². The molecule has 4 nitrogen and oxygen atoms in total. The summed E-state index contributed by atoms with van der Waals surface area (Å²) in [5, 5.41) is 11.5. The van der Waals surface area contributed by atoms with Crippen molar-refractivity contribution in [2.75, 3.05) is 0 Å². The summed E-state index contributed by atoms with van der Waals surface area (Å²) in [7, 11) is 0. The van der Waals surface area contributed by atoms with Gasteiger partial charge in [-0.25, -0.2) is 4.79 Å². The third kappa shape index (κ3) is 3.59. The Bertz CT molecular complexity index is 510. The van der Waals surface area contributed by atoms with Gasteiger partial charge in [0.1, 0.15) is 6.04 Å². The molecule has 0 unspecified atom stereocenters. The van der Waals surface area contributed by atoms with Crippen LogP contribution in [0.2, 0.25) is 0 Å². The first-order chi connectivity index (χ1) is 9.60. The third-order valence-corrected chi connectivity index (χ3v) is 3.82. The molecule has 20 heavy (non-hydrogen) atoms. The Kier molecular flexibility index (Phi) is 4.77. The molecule has 1 aliphatic carbocycles. The van der Waals surface area contributed by atoms with E-state index in [0.29, 0.717) is 6.42 Å². The van der Waals surface area contributed by atoms with Crippen LogP contribution in [0, 0.1) is 0 Å². The number of hydrogen-bond donors (Lipinski definition) is 2. The zero-order valence-electron chi connectivity index (χ0n) is 11.8. The van der Waals surface area contributed by atoms with Crippen LogP contribution >= 0.6 is 0 Å². The molecule has 2 rings (SSSR count). The first-order valence-electron chi connectivity index (χ1n) is 7.23. The van der Waals surface area contributed by atoms with Gasteiger partial charge in [0.05, 0.1) is 6.42 Å². The predicted octanol–water partition coefficient (Wildman–Crippen LogP) is 2.09. The van der Waals surface area contributed by atoms with Crippen molar-refractivity contribution in [3.8, 4) is 0 Å². The predicted molar refractivity (Wildman–Crippen MR) is 76.6 cm³/mol. The largest absolute Gasteiger partial charge is 0.480 e. The Morgan fingerprint density at radius 3 is 2.60 bits per heavy atom. The second kappa shape index (κ2) is 6.55. The van der Waals surface area contributed by atoms with Crippen molar-refractivity contribution < 1.29 is 14.7 Å². The fraction of sp³-hybridized carbons (Fsp3) is 0.500. The van der Waals surface area contributed by atoms with E-state index in [9.17, 15) is 9.59 Å². The standard InChI is InChI=1S/C16H21NO3/c1-2-14(16(19)20)17-15(18)10-11-7-8-12-5-3-4-6-13(12)9-11/h7-9,14H,2-6,10H2,1H3,(H,17,18)(H,19,20)/t14-/m1/s1. The molecule has 0 aliphatic heterocycles. The van der Waals surface area contributed by atoms with E-state index in [1.165, 1.54) is 24.0 Å². The molecule has 0 bridgehead atoms. The molecule has 108 valence electrons. The van der Waals surface area contributed by atoms with Crippen LogP contribution in [0.3, 0.4) is 0 Å². The van der Waals surface area contributed by atoms with Crippen molar-refractivity contribution in [1.82, 2.24) is 5.32 Å². The lowest BCUT2D eigenvalue weighted by Crippen LogP contribution is -2.40. The second-order valence-electron chi connectivity index (χ2n) is 5.35. The van der Waals surface area contributed by atoms with Crippen molar-refractivity contribution in [1.29, 1.82) is 0 Å². The molecule has 0 radical (unpaired) electrons. The number of fused-ring (bicyclic) bond motifs is 1. The summed E-state index contributed by atoms with van der Waals surface area (Å²) < 4.78 is 0. The molecule has 0 spiro atoms. The lowest BCUT2D eigenvalue weighted by molar-refractivity contribution is -0.141. The summed E-state index contributed by atoms with van der Waals surface area (Å²) in [6.45, 7) is 1.75. The molecule has 0 saturated heterocycles. The summed E-state index contributed by atoms with van der Waals surface area (Å²) in [6.07, 6.45) is 5.29. The average Bonchev–Trinajstić information content (AvgIpc) is 2.44. The Morgan fingerprint density at radius 1 is 1.25 bits per heavy atom. The van der Waals surface area contributed by atoms with Gasteiger partial charge in [-0.2, -0.15) is 0 Å². The van der Waals surface area contributed by atoms with E-state index < -0.39 is 12.0 Å². The maximum Gasteiger partial charge on any atom is 0.326 e. The summed E-state index contributed by atoms with van der Waals surface area (Å²) in [5.74, 6) is -1.21. The molecule has 1 aromatic carbocycles. The number of aliphatic carboxylic acids is 1. The molecular formula is C16H21NO3. The topological polar surface area (TPSA) is 66.4 Å². The summed E-state index contributed by atoms with van der Waals surface area (Å²) in [6, 6.07) is 5.38. The molecule has 0 heterocycles. The Labute approximate surface area is 119 Å². The number of carboxylic acids is 1. The molecule has 0 aromatic heterocycles. The van der Waals surface area contributed by atoms with Gasteiger partial charge in [0.2, 0.25) is 5.91 Å². The Morgan fingerprint density at radius 2 is 1.95 bits per heavy atom. The number of carbonyl (C=O) groups excluding carboxylic acids is 1. The van der Waals surface area contributed by atoms with Crippen molar-refractivity contribution >= 4 is 11.9 Å². The minimum absolute atomic E-state index is 0.227. The molecule has 1 amide bonds. The average molecular weight is 275 g/mol. The van der Waals surface area contributed by atoms with Gasteiger partial charge in [-0.15, -0.1) is 0 Å². The van der Waals surface area contributed by atoms with E-state index in [-0.39, 0.29) is 12.3 Å². The highest BCUT2D eigenvalue weighted by Crippen LogP contribution is 2.22. The van der Waals surface area contributed by atoms with Crippen LogP contribution in [0.4, 0.5) is 0 Å². The highest BCUT2D eigenvalue weighted by molar-refractivity contribution is 5.84. The number of nitrogens with one attached hydrogen (secondary N) is 1. The van der Waals surface area contributed by atoms with Crippen molar-refractivity contribution in [3.05, 3.63) is 34.9 Å². The van der Waals surface area contributed by atoms with Gasteiger partial charge >= 0.3 is 5.97 Å². The number of carbonyl (C=O) groups is 2. The number of aryl methyl sites for hydroxylation is 2. The summed E-state index contributed by atoms with van der Waals surface area (Å²) in [5.41, 5.74) is 3.69. The second-order valence-corrected chi connectivity index (χ2v) is 5.35. The fourth-order valence-corrected chi connectivity index (χ4v) is 2.67. The maximum atomic E-state index is 11.9. The monoisotopic (exact) mass is 275 g/mol. The van der Waals surface area contributed by atoms with E-state index in [1.807, 2.05) is 6.07 Å². The van der Waals surface area contributed by atoms with Gasteiger partial charge in [0.15, 0.2) is 0 Å².